The second-order valence-corrected chi connectivity index (χ2v) is 12.6. The van der Waals surface area contributed by atoms with Crippen LogP contribution in [0.2, 0.25) is 0 Å². The molecule has 1 atom stereocenters. The summed E-state index contributed by atoms with van der Waals surface area (Å²) < 4.78 is 1.87. The Balaban J connectivity index is 1.35. The number of nitrogens with one attached hydrogen (secondary N) is 1. The fraction of sp³-hybridized carbons (Fsp3) is 0.562. The summed E-state index contributed by atoms with van der Waals surface area (Å²) in [5, 5.41) is 4.43. The van der Waals surface area contributed by atoms with Crippen molar-refractivity contribution in [1.29, 1.82) is 0 Å². The predicted molar refractivity (Wildman–Crippen MR) is 164 cm³/mol. The number of anilines is 1. The highest BCUT2D eigenvalue weighted by atomic mass is 16.2. The molecule has 1 N–H and O–H groups in total. The van der Waals surface area contributed by atoms with Gasteiger partial charge in [0.15, 0.2) is 5.65 Å². The lowest BCUT2D eigenvalue weighted by Crippen LogP contribution is -2.42. The first-order valence-electron chi connectivity index (χ1n) is 15.3. The van der Waals surface area contributed by atoms with E-state index >= 15 is 0 Å². The van der Waals surface area contributed by atoms with Gasteiger partial charge in [-0.05, 0) is 81.3 Å². The van der Waals surface area contributed by atoms with Crippen LogP contribution in [-0.2, 0) is 4.79 Å². The average Bonchev–Trinajstić information content (AvgIpc) is 3.67. The zero-order chi connectivity index (χ0) is 28.8. The van der Waals surface area contributed by atoms with Crippen LogP contribution in [0.3, 0.4) is 0 Å². The maximum absolute atomic E-state index is 13.2. The highest BCUT2D eigenvalue weighted by molar-refractivity contribution is 5.90. The molecule has 1 amide bonds. The number of aryl methyl sites for hydroxylation is 1. The van der Waals surface area contributed by atoms with Crippen LogP contribution in [0.15, 0.2) is 24.7 Å². The summed E-state index contributed by atoms with van der Waals surface area (Å²) in [7, 11) is 0. The van der Waals surface area contributed by atoms with Crippen LogP contribution < -0.4 is 4.90 Å². The smallest absolute Gasteiger partial charge is 0.236 e. The standard InChI is InChI=1S/C32H44N8O/c1-20(2)26-11-14-38(28(41)18-37-12-7-8-13-37)15-16-39(26)27-10-9-25-31(36-27)29(21(3)4)30(35-25)24-17-40-32(33-19-34-40)23(6)22(24)5/h9-10,17,19-21,26,35H,7-8,11-16,18H2,1-6H3. The maximum Gasteiger partial charge on any atom is 0.236 e. The molecule has 4 aromatic rings. The third kappa shape index (κ3) is 5.09. The van der Waals surface area contributed by atoms with E-state index in [1.165, 1.54) is 24.0 Å². The molecule has 0 aromatic carbocycles. The molecule has 0 aliphatic carbocycles. The Labute approximate surface area is 242 Å². The van der Waals surface area contributed by atoms with Gasteiger partial charge in [-0.25, -0.2) is 14.5 Å². The van der Waals surface area contributed by atoms with E-state index in [2.05, 4.69) is 89.6 Å². The fourth-order valence-electron chi connectivity index (χ4n) is 6.87. The molecule has 2 fully saturated rings. The molecular formula is C32H44N8O. The second-order valence-electron chi connectivity index (χ2n) is 12.6. The van der Waals surface area contributed by atoms with Gasteiger partial charge in [0.2, 0.25) is 5.91 Å². The molecule has 0 radical (unpaired) electrons. The van der Waals surface area contributed by atoms with Crippen LogP contribution >= 0.6 is 0 Å². The third-order valence-electron chi connectivity index (χ3n) is 9.32. The summed E-state index contributed by atoms with van der Waals surface area (Å²) in [5.41, 5.74) is 8.75. The molecule has 0 saturated carbocycles. The highest BCUT2D eigenvalue weighted by Gasteiger charge is 2.31. The van der Waals surface area contributed by atoms with Gasteiger partial charge in [-0.2, -0.15) is 5.10 Å². The predicted octanol–water partition coefficient (Wildman–Crippen LogP) is 5.17. The molecule has 0 spiro atoms. The second kappa shape index (κ2) is 11.1. The lowest BCUT2D eigenvalue weighted by Gasteiger charge is -2.33. The van der Waals surface area contributed by atoms with Crippen molar-refractivity contribution >= 4 is 28.4 Å². The summed E-state index contributed by atoms with van der Waals surface area (Å²) in [5.74, 6) is 1.99. The molecule has 1 unspecified atom stereocenters. The number of amides is 1. The number of pyridine rings is 2. The summed E-state index contributed by atoms with van der Waals surface area (Å²) in [6.45, 7) is 18.3. The van der Waals surface area contributed by atoms with Gasteiger partial charge in [0.05, 0.1) is 23.3 Å². The van der Waals surface area contributed by atoms with Gasteiger partial charge >= 0.3 is 0 Å². The zero-order valence-corrected chi connectivity index (χ0v) is 25.4. The number of H-pyrrole nitrogens is 1. The molecule has 6 heterocycles. The van der Waals surface area contributed by atoms with Crippen molar-refractivity contribution in [2.75, 3.05) is 44.2 Å². The Bertz CT molecular complexity index is 1560. The number of fused-ring (bicyclic) bond motifs is 2. The third-order valence-corrected chi connectivity index (χ3v) is 9.32. The topological polar surface area (TPSA) is 85.7 Å². The number of aromatic amines is 1. The van der Waals surface area contributed by atoms with Gasteiger partial charge < -0.3 is 14.8 Å². The molecule has 218 valence electrons. The quantitative estimate of drug-likeness (QED) is 0.353. The lowest BCUT2D eigenvalue weighted by atomic mass is 9.95. The SMILES string of the molecule is Cc1c(-c2[nH]c3ccc(N4CCN(C(=O)CN5CCCC5)CCC4C(C)C)nc3c2C(C)C)cn2ncnc2c1C. The summed E-state index contributed by atoms with van der Waals surface area (Å²) in [6, 6.07) is 4.66. The Morgan fingerprint density at radius 1 is 1.02 bits per heavy atom. The Kier molecular flexibility index (Phi) is 7.49. The van der Waals surface area contributed by atoms with Crippen molar-refractivity contribution in [2.45, 2.75) is 72.8 Å². The number of likely N-dealkylation sites (tertiary alicyclic amines) is 1. The molecule has 6 rings (SSSR count). The number of hydrogen-bond donors (Lipinski definition) is 1. The van der Waals surface area contributed by atoms with Crippen molar-refractivity contribution in [1.82, 2.24) is 34.4 Å². The normalized spacial score (nSPS) is 18.9. The van der Waals surface area contributed by atoms with Crippen molar-refractivity contribution in [2.24, 2.45) is 5.92 Å². The first-order valence-corrected chi connectivity index (χ1v) is 15.3. The van der Waals surface area contributed by atoms with Crippen LogP contribution in [0.1, 0.15) is 69.6 Å². The lowest BCUT2D eigenvalue weighted by molar-refractivity contribution is -0.132. The van der Waals surface area contributed by atoms with Gasteiger partial charge in [0.25, 0.3) is 0 Å². The largest absolute Gasteiger partial charge is 0.353 e. The maximum atomic E-state index is 13.2. The van der Waals surface area contributed by atoms with Gasteiger partial charge in [-0.1, -0.05) is 27.7 Å². The van der Waals surface area contributed by atoms with Gasteiger partial charge in [0, 0.05) is 43.0 Å². The van der Waals surface area contributed by atoms with Crippen LogP contribution in [0.25, 0.3) is 27.9 Å². The molecule has 4 aromatic heterocycles. The van der Waals surface area contributed by atoms with E-state index in [-0.39, 0.29) is 11.8 Å². The molecule has 2 aliphatic heterocycles. The van der Waals surface area contributed by atoms with Crippen molar-refractivity contribution < 1.29 is 4.79 Å². The molecule has 0 bridgehead atoms. The van der Waals surface area contributed by atoms with Crippen LogP contribution in [-0.4, -0.2) is 85.6 Å². The minimum atomic E-state index is 0.270. The Hall–Kier alpha value is -3.46. The average molecular weight is 557 g/mol. The summed E-state index contributed by atoms with van der Waals surface area (Å²) >= 11 is 0. The Morgan fingerprint density at radius 2 is 1.80 bits per heavy atom. The Morgan fingerprint density at radius 3 is 2.54 bits per heavy atom. The number of nitrogens with zero attached hydrogens (tertiary/aromatic N) is 7. The van der Waals surface area contributed by atoms with E-state index in [1.807, 2.05) is 4.52 Å². The van der Waals surface area contributed by atoms with E-state index in [4.69, 9.17) is 4.98 Å². The van der Waals surface area contributed by atoms with Gasteiger partial charge in [-0.15, -0.1) is 0 Å². The van der Waals surface area contributed by atoms with Crippen molar-refractivity contribution in [3.8, 4) is 11.3 Å². The number of aromatic nitrogens is 5. The van der Waals surface area contributed by atoms with Crippen LogP contribution in [0, 0.1) is 19.8 Å². The first-order chi connectivity index (χ1) is 19.7. The van der Waals surface area contributed by atoms with Crippen molar-refractivity contribution in [3.63, 3.8) is 0 Å². The molecule has 2 saturated heterocycles. The van der Waals surface area contributed by atoms with Crippen LogP contribution in [0.4, 0.5) is 5.82 Å². The molecule has 9 heteroatoms. The molecule has 41 heavy (non-hydrogen) atoms. The van der Waals surface area contributed by atoms with Gasteiger partial charge in [0.1, 0.15) is 12.1 Å². The molecule has 9 nitrogen and oxygen atoms in total. The van der Waals surface area contributed by atoms with E-state index in [1.54, 1.807) is 6.33 Å². The van der Waals surface area contributed by atoms with E-state index in [9.17, 15) is 4.79 Å². The highest BCUT2D eigenvalue weighted by Crippen LogP contribution is 2.38. The molecular weight excluding hydrogens is 512 g/mol. The summed E-state index contributed by atoms with van der Waals surface area (Å²) in [4.78, 5) is 33.6. The van der Waals surface area contributed by atoms with Crippen LogP contribution in [0.5, 0.6) is 0 Å². The fourth-order valence-corrected chi connectivity index (χ4v) is 6.87. The number of hydrogen-bond acceptors (Lipinski definition) is 6. The van der Waals surface area contributed by atoms with Gasteiger partial charge in [-0.3, -0.25) is 9.69 Å². The van der Waals surface area contributed by atoms with E-state index in [0.29, 0.717) is 18.5 Å². The van der Waals surface area contributed by atoms with E-state index < -0.39 is 0 Å². The van der Waals surface area contributed by atoms with E-state index in [0.717, 1.165) is 78.5 Å². The number of rotatable bonds is 6. The number of carbonyl (C=O) groups is 1. The number of carbonyl (C=O) groups excluding carboxylic acids is 1. The monoisotopic (exact) mass is 556 g/mol. The summed E-state index contributed by atoms with van der Waals surface area (Å²) in [6.07, 6.45) is 7.06. The van der Waals surface area contributed by atoms with Crippen molar-refractivity contribution in [3.05, 3.63) is 41.3 Å². The molecule has 2 aliphatic rings. The zero-order valence-electron chi connectivity index (χ0n) is 25.4. The minimum absolute atomic E-state index is 0.270. The minimum Gasteiger partial charge on any atom is -0.353 e. The first kappa shape index (κ1) is 27.7.